The second-order valence-corrected chi connectivity index (χ2v) is 12.1. The molecule has 0 saturated heterocycles. The zero-order chi connectivity index (χ0) is 33.2. The van der Waals surface area contributed by atoms with Gasteiger partial charge in [-0.3, -0.25) is 9.59 Å². The number of halogens is 2. The average molecular weight is 652 g/mol. The number of carboxylic acids is 1. The maximum atomic E-state index is 14.7. The van der Waals surface area contributed by atoms with Crippen LogP contribution in [-0.2, 0) is 24.2 Å². The molecule has 1 atom stereocenters. The monoisotopic (exact) mass is 651 g/mol. The van der Waals surface area contributed by atoms with Crippen molar-refractivity contribution in [2.75, 3.05) is 20.6 Å². The van der Waals surface area contributed by atoms with Crippen LogP contribution in [0.1, 0.15) is 49.1 Å². The largest absolute Gasteiger partial charge is 0.478 e. The van der Waals surface area contributed by atoms with E-state index in [1.165, 1.54) is 35.4 Å². The Morgan fingerprint density at radius 2 is 1.68 bits per heavy atom. The number of ketones is 1. The topological polar surface area (TPSA) is 109 Å². The number of amides is 1. The number of fused-ring (bicyclic) bond motifs is 1. The van der Waals surface area contributed by atoms with Crippen molar-refractivity contribution >= 4 is 29.3 Å². The zero-order valence-electron chi connectivity index (χ0n) is 25.7. The van der Waals surface area contributed by atoms with Crippen LogP contribution in [0.4, 0.5) is 4.39 Å². The van der Waals surface area contributed by atoms with Crippen molar-refractivity contribution in [3.8, 4) is 16.8 Å². The molecule has 1 aromatic heterocycles. The summed E-state index contributed by atoms with van der Waals surface area (Å²) >= 11 is 5.96. The quantitative estimate of drug-likeness (QED) is 0.207. The third kappa shape index (κ3) is 6.43. The standard InChI is InChI=1S/C36H31ClFN5O4/c1-41(2)20-24-7-3-4-8-25(24)26-9-5-10-28-27(26)17-18-42(34(28)32(44)19-22-13-15-23(16-14-22)36(46)47)35(45)30-21-43(40-39-30)31-12-6-11-29(37)33(31)38/h3-16,21,34H,17-20H2,1-2H3,(H,46,47). The van der Waals surface area contributed by atoms with E-state index in [1.54, 1.807) is 18.2 Å². The lowest BCUT2D eigenvalue weighted by Crippen LogP contribution is -2.44. The lowest BCUT2D eigenvalue weighted by Gasteiger charge is -2.37. The Kier molecular flexibility index (Phi) is 8.97. The Bertz CT molecular complexity index is 1990. The summed E-state index contributed by atoms with van der Waals surface area (Å²) in [6.45, 7) is 0.952. The first-order valence-corrected chi connectivity index (χ1v) is 15.4. The first-order valence-electron chi connectivity index (χ1n) is 15.0. The Labute approximate surface area is 275 Å². The van der Waals surface area contributed by atoms with Gasteiger partial charge in [-0.1, -0.05) is 77.5 Å². The van der Waals surface area contributed by atoms with Crippen molar-refractivity contribution in [2.24, 2.45) is 0 Å². The fourth-order valence-corrected chi connectivity index (χ4v) is 6.28. The van der Waals surface area contributed by atoms with Gasteiger partial charge in [0.05, 0.1) is 16.8 Å². The van der Waals surface area contributed by atoms with Gasteiger partial charge in [-0.25, -0.2) is 13.9 Å². The average Bonchev–Trinajstić information content (AvgIpc) is 3.55. The zero-order valence-corrected chi connectivity index (χ0v) is 26.5. The maximum absolute atomic E-state index is 14.7. The molecule has 238 valence electrons. The van der Waals surface area contributed by atoms with Crippen molar-refractivity contribution in [1.29, 1.82) is 0 Å². The van der Waals surface area contributed by atoms with E-state index in [1.807, 2.05) is 44.4 Å². The van der Waals surface area contributed by atoms with Crippen LogP contribution in [0, 0.1) is 5.82 Å². The summed E-state index contributed by atoms with van der Waals surface area (Å²) in [5.41, 5.74) is 5.59. The van der Waals surface area contributed by atoms with Gasteiger partial charge in [0.2, 0.25) is 0 Å². The summed E-state index contributed by atoms with van der Waals surface area (Å²) in [5.74, 6) is -2.53. The molecule has 1 aliphatic heterocycles. The number of carbonyl (C=O) groups excluding carboxylic acids is 2. The predicted octanol–water partition coefficient (Wildman–Crippen LogP) is 6.04. The number of nitrogens with zero attached hydrogens (tertiary/aromatic N) is 5. The van der Waals surface area contributed by atoms with E-state index in [0.717, 1.165) is 33.5 Å². The number of Topliss-reactive ketones (excluding diaryl/α,β-unsaturated/α-hetero) is 1. The highest BCUT2D eigenvalue weighted by atomic mass is 35.5. The van der Waals surface area contributed by atoms with E-state index >= 15 is 0 Å². The van der Waals surface area contributed by atoms with Crippen LogP contribution in [0.2, 0.25) is 5.02 Å². The molecule has 1 unspecified atom stereocenters. The Hall–Kier alpha value is -5.19. The van der Waals surface area contributed by atoms with Crippen molar-refractivity contribution in [3.63, 3.8) is 0 Å². The molecule has 47 heavy (non-hydrogen) atoms. The van der Waals surface area contributed by atoms with Gasteiger partial charge in [-0.2, -0.15) is 0 Å². The molecule has 0 bridgehead atoms. The van der Waals surface area contributed by atoms with E-state index in [-0.39, 0.29) is 40.7 Å². The summed E-state index contributed by atoms with van der Waals surface area (Å²) in [7, 11) is 4.02. The molecule has 2 heterocycles. The van der Waals surface area contributed by atoms with Crippen LogP contribution in [0.15, 0.2) is 91.1 Å². The summed E-state index contributed by atoms with van der Waals surface area (Å²) in [6.07, 6.45) is 1.78. The highest BCUT2D eigenvalue weighted by molar-refractivity contribution is 6.30. The van der Waals surface area contributed by atoms with Gasteiger partial charge in [0.1, 0.15) is 11.7 Å². The molecule has 1 amide bonds. The number of benzene rings is 4. The van der Waals surface area contributed by atoms with E-state index in [4.69, 9.17) is 11.6 Å². The van der Waals surface area contributed by atoms with Gasteiger partial charge in [0, 0.05) is 19.5 Å². The van der Waals surface area contributed by atoms with E-state index in [2.05, 4.69) is 27.3 Å². The first-order chi connectivity index (χ1) is 22.6. The normalized spacial score (nSPS) is 14.2. The van der Waals surface area contributed by atoms with Crippen molar-refractivity contribution in [2.45, 2.75) is 25.4 Å². The molecule has 0 fully saturated rings. The summed E-state index contributed by atoms with van der Waals surface area (Å²) < 4.78 is 15.9. The number of carboxylic acid groups (broad SMARTS) is 1. The number of hydrogen-bond donors (Lipinski definition) is 1. The molecular weight excluding hydrogens is 621 g/mol. The molecular formula is C36H31ClFN5O4. The molecule has 1 aliphatic rings. The number of rotatable bonds is 9. The molecule has 6 rings (SSSR count). The molecule has 1 N–H and O–H groups in total. The van der Waals surface area contributed by atoms with E-state index in [9.17, 15) is 23.9 Å². The predicted molar refractivity (Wildman–Crippen MR) is 175 cm³/mol. The first kappa shape index (κ1) is 31.8. The molecule has 0 radical (unpaired) electrons. The molecule has 11 heteroatoms. The fraction of sp³-hybridized carbons (Fsp3) is 0.194. The number of aromatic carboxylic acids is 1. The smallest absolute Gasteiger partial charge is 0.335 e. The molecule has 9 nitrogen and oxygen atoms in total. The van der Waals surface area contributed by atoms with Crippen molar-refractivity contribution < 1.29 is 23.9 Å². The summed E-state index contributed by atoms with van der Waals surface area (Å²) in [4.78, 5) is 43.3. The van der Waals surface area contributed by atoms with Crippen LogP contribution in [0.3, 0.4) is 0 Å². The number of aromatic nitrogens is 3. The Balaban J connectivity index is 1.40. The van der Waals surface area contributed by atoms with Crippen LogP contribution in [-0.4, -0.2) is 68.2 Å². The minimum Gasteiger partial charge on any atom is -0.478 e. The van der Waals surface area contributed by atoms with Gasteiger partial charge in [0.25, 0.3) is 5.91 Å². The maximum Gasteiger partial charge on any atom is 0.335 e. The lowest BCUT2D eigenvalue weighted by atomic mass is 9.83. The van der Waals surface area contributed by atoms with Crippen LogP contribution in [0.5, 0.6) is 0 Å². The van der Waals surface area contributed by atoms with Gasteiger partial charge >= 0.3 is 5.97 Å². The van der Waals surface area contributed by atoms with Crippen molar-refractivity contribution in [3.05, 3.63) is 135 Å². The van der Waals surface area contributed by atoms with Gasteiger partial charge < -0.3 is 14.9 Å². The highest BCUT2D eigenvalue weighted by Crippen LogP contribution is 2.39. The minimum atomic E-state index is -1.06. The second kappa shape index (κ2) is 13.3. The van der Waals surface area contributed by atoms with Crippen LogP contribution in [0.25, 0.3) is 16.8 Å². The minimum absolute atomic E-state index is 0.0321. The molecule has 4 aromatic carbocycles. The van der Waals surface area contributed by atoms with Gasteiger partial charge in [-0.15, -0.1) is 5.10 Å². The lowest BCUT2D eigenvalue weighted by molar-refractivity contribution is -0.123. The van der Waals surface area contributed by atoms with Crippen LogP contribution >= 0.6 is 11.6 Å². The number of hydrogen-bond acceptors (Lipinski definition) is 6. The van der Waals surface area contributed by atoms with Crippen LogP contribution < -0.4 is 0 Å². The third-order valence-electron chi connectivity index (χ3n) is 8.25. The SMILES string of the molecule is CN(C)Cc1ccccc1-c1cccc2c1CCN(C(=O)c1cn(-c3cccc(Cl)c3F)nn1)C2C(=O)Cc1ccc(C(=O)O)cc1. The summed E-state index contributed by atoms with van der Waals surface area (Å²) in [6, 6.07) is 23.6. The summed E-state index contributed by atoms with van der Waals surface area (Å²) in [5, 5.41) is 17.2. The van der Waals surface area contributed by atoms with Gasteiger partial charge in [0.15, 0.2) is 17.3 Å². The number of carbonyl (C=O) groups is 3. The Morgan fingerprint density at radius 3 is 2.43 bits per heavy atom. The fourth-order valence-electron chi connectivity index (χ4n) is 6.11. The van der Waals surface area contributed by atoms with E-state index < -0.39 is 23.7 Å². The third-order valence-corrected chi connectivity index (χ3v) is 8.54. The molecule has 5 aromatic rings. The van der Waals surface area contributed by atoms with E-state index in [0.29, 0.717) is 17.5 Å². The second-order valence-electron chi connectivity index (χ2n) is 11.7. The van der Waals surface area contributed by atoms with Gasteiger partial charge in [-0.05, 0) is 78.2 Å². The molecule has 0 saturated carbocycles. The van der Waals surface area contributed by atoms with Crippen molar-refractivity contribution in [1.82, 2.24) is 24.8 Å². The highest BCUT2D eigenvalue weighted by Gasteiger charge is 2.38. The Morgan fingerprint density at radius 1 is 0.957 bits per heavy atom. The molecule has 0 aliphatic carbocycles. The molecule has 0 spiro atoms.